The quantitative estimate of drug-likeness (QED) is 0.578. The summed E-state index contributed by atoms with van der Waals surface area (Å²) in [7, 11) is 1.69. The van der Waals surface area contributed by atoms with E-state index in [-0.39, 0.29) is 0 Å². The van der Waals surface area contributed by atoms with Gasteiger partial charge < -0.3 is 4.74 Å². The van der Waals surface area contributed by atoms with Gasteiger partial charge in [-0.25, -0.2) is 0 Å². The van der Waals surface area contributed by atoms with E-state index in [1.807, 2.05) is 24.4 Å². The maximum absolute atomic E-state index is 5.32. The van der Waals surface area contributed by atoms with Crippen LogP contribution in [0.4, 0.5) is 0 Å². The van der Waals surface area contributed by atoms with Crippen LogP contribution in [0.15, 0.2) is 36.5 Å². The molecule has 0 unspecified atom stereocenters. The smallest absolute Gasteiger partial charge is 0.128 e. The van der Waals surface area contributed by atoms with Crippen molar-refractivity contribution < 1.29 is 4.74 Å². The normalized spacial score (nSPS) is 11.2. The summed E-state index contributed by atoms with van der Waals surface area (Å²) in [4.78, 5) is 4.34. The zero-order valence-electron chi connectivity index (χ0n) is 7.82. The molecule has 0 aliphatic heterocycles. The minimum atomic E-state index is 0.899. The fourth-order valence-electron chi connectivity index (χ4n) is 1.91. The van der Waals surface area contributed by atoms with Crippen LogP contribution in [0.5, 0.6) is 5.75 Å². The van der Waals surface area contributed by atoms with Gasteiger partial charge in [0.05, 0.1) is 18.0 Å². The summed E-state index contributed by atoms with van der Waals surface area (Å²) in [5, 5.41) is 3.50. The zero-order chi connectivity index (χ0) is 9.54. The lowest BCUT2D eigenvalue weighted by Gasteiger charge is -2.09. The molecule has 2 aromatic heterocycles. The lowest BCUT2D eigenvalue weighted by atomic mass is 10.0. The summed E-state index contributed by atoms with van der Waals surface area (Å²) in [5.41, 5.74) is 0.993. The van der Waals surface area contributed by atoms with E-state index < -0.39 is 0 Å². The van der Waals surface area contributed by atoms with Crippen LogP contribution in [0.2, 0.25) is 0 Å². The molecule has 4 aromatic rings. The minimum absolute atomic E-state index is 0.899. The topological polar surface area (TPSA) is 22.1 Å². The first-order valence-electron chi connectivity index (χ1n) is 4.54. The van der Waals surface area contributed by atoms with Crippen molar-refractivity contribution >= 4 is 21.7 Å². The molecule has 14 heavy (non-hydrogen) atoms. The third kappa shape index (κ3) is 0.826. The molecule has 0 atom stereocenters. The Morgan fingerprint density at radius 2 is 2.07 bits per heavy atom. The third-order valence-electron chi connectivity index (χ3n) is 2.58. The average Bonchev–Trinajstić information content (AvgIpc) is 2.30. The maximum Gasteiger partial charge on any atom is 0.128 e. The largest absolute Gasteiger partial charge is 0.496 e. The van der Waals surface area contributed by atoms with E-state index in [1.165, 1.54) is 5.39 Å². The van der Waals surface area contributed by atoms with E-state index in [0.29, 0.717) is 0 Å². The van der Waals surface area contributed by atoms with Crippen molar-refractivity contribution in [2.45, 2.75) is 0 Å². The van der Waals surface area contributed by atoms with Crippen LogP contribution >= 0.6 is 0 Å². The second kappa shape index (κ2) is 2.58. The molecule has 0 saturated carbocycles. The van der Waals surface area contributed by atoms with Gasteiger partial charge in [-0.15, -0.1) is 0 Å². The second-order valence-corrected chi connectivity index (χ2v) is 3.31. The molecule has 0 aliphatic rings. The van der Waals surface area contributed by atoms with E-state index in [1.54, 1.807) is 7.11 Å². The highest BCUT2D eigenvalue weighted by Crippen LogP contribution is 2.32. The number of nitrogens with zero attached hydrogens (tertiary/aromatic N) is 1. The van der Waals surface area contributed by atoms with Gasteiger partial charge in [0.25, 0.3) is 0 Å². The van der Waals surface area contributed by atoms with Crippen LogP contribution in [0.1, 0.15) is 0 Å². The van der Waals surface area contributed by atoms with Gasteiger partial charge in [0.2, 0.25) is 0 Å². The lowest BCUT2D eigenvalue weighted by molar-refractivity contribution is 0.420. The first kappa shape index (κ1) is 7.56. The van der Waals surface area contributed by atoms with Gasteiger partial charge in [0, 0.05) is 11.6 Å². The van der Waals surface area contributed by atoms with Crippen LogP contribution in [-0.4, -0.2) is 12.1 Å². The Morgan fingerprint density at radius 1 is 1.14 bits per heavy atom. The molecular weight excluding hydrogens is 174 g/mol. The lowest BCUT2D eigenvalue weighted by Crippen LogP contribution is -1.89. The molecule has 0 fully saturated rings. The van der Waals surface area contributed by atoms with E-state index in [2.05, 4.69) is 17.1 Å². The Kier molecular flexibility index (Phi) is 1.39. The van der Waals surface area contributed by atoms with E-state index in [9.17, 15) is 0 Å². The molecule has 2 nitrogen and oxygen atoms in total. The molecule has 0 saturated heterocycles. The number of rotatable bonds is 1. The Morgan fingerprint density at radius 3 is 2.79 bits per heavy atom. The number of ether oxygens (including phenoxy) is 1. The highest BCUT2D eigenvalue weighted by molar-refractivity contribution is 6.10. The highest BCUT2D eigenvalue weighted by atomic mass is 16.5. The van der Waals surface area contributed by atoms with Crippen molar-refractivity contribution in [3.8, 4) is 5.75 Å². The molecule has 0 amide bonds. The zero-order valence-corrected chi connectivity index (χ0v) is 7.82. The highest BCUT2D eigenvalue weighted by Gasteiger charge is 2.07. The Hall–Kier alpha value is -1.83. The van der Waals surface area contributed by atoms with Crippen LogP contribution < -0.4 is 4.74 Å². The number of fused-ring (bicyclic) bond motifs is 2. The molecular formula is C12H9NO. The minimum Gasteiger partial charge on any atom is -0.496 e. The summed E-state index contributed by atoms with van der Waals surface area (Å²) < 4.78 is 5.32. The average molecular weight is 183 g/mol. The predicted molar refractivity (Wildman–Crippen MR) is 57.0 cm³/mol. The monoisotopic (exact) mass is 183 g/mol. The number of benzene rings is 2. The summed E-state index contributed by atoms with van der Waals surface area (Å²) in [5.74, 6) is 0.899. The Bertz CT molecular complexity index is 568. The fraction of sp³-hybridized carbons (Fsp3) is 0.0833. The maximum atomic E-state index is 5.32. The van der Waals surface area contributed by atoms with E-state index in [4.69, 9.17) is 4.74 Å². The van der Waals surface area contributed by atoms with Gasteiger partial charge in [-0.2, -0.15) is 0 Å². The van der Waals surface area contributed by atoms with Crippen molar-refractivity contribution in [1.29, 1.82) is 0 Å². The van der Waals surface area contributed by atoms with Gasteiger partial charge in [-0.3, -0.25) is 4.98 Å². The van der Waals surface area contributed by atoms with Crippen LogP contribution in [-0.2, 0) is 0 Å². The Labute approximate surface area is 81.5 Å². The van der Waals surface area contributed by atoms with Gasteiger partial charge in [0.15, 0.2) is 0 Å². The molecule has 2 bridgehead atoms. The van der Waals surface area contributed by atoms with Gasteiger partial charge in [-0.1, -0.05) is 18.2 Å². The number of hydrogen-bond donors (Lipinski definition) is 0. The van der Waals surface area contributed by atoms with Crippen LogP contribution in [0.3, 0.4) is 0 Å². The van der Waals surface area contributed by atoms with E-state index >= 15 is 0 Å². The number of aromatic nitrogens is 1. The van der Waals surface area contributed by atoms with Crippen molar-refractivity contribution in [1.82, 2.24) is 4.98 Å². The van der Waals surface area contributed by atoms with Crippen molar-refractivity contribution in [3.63, 3.8) is 0 Å². The SMILES string of the molecule is COc1cccc2c3ccc(nc3)c12. The first-order chi connectivity index (χ1) is 6.90. The molecule has 2 heteroatoms. The van der Waals surface area contributed by atoms with Crippen molar-refractivity contribution in [2.24, 2.45) is 0 Å². The first-order valence-corrected chi connectivity index (χ1v) is 4.54. The molecule has 0 spiro atoms. The molecule has 0 radical (unpaired) electrons. The molecule has 2 heterocycles. The summed E-state index contributed by atoms with van der Waals surface area (Å²) >= 11 is 0. The van der Waals surface area contributed by atoms with Crippen LogP contribution in [0.25, 0.3) is 21.7 Å². The summed E-state index contributed by atoms with van der Waals surface area (Å²) in [6.07, 6.45) is 1.90. The third-order valence-corrected chi connectivity index (χ3v) is 2.58. The predicted octanol–water partition coefficient (Wildman–Crippen LogP) is 2.83. The molecule has 68 valence electrons. The number of methoxy groups -OCH3 is 1. The number of pyridine rings is 2. The van der Waals surface area contributed by atoms with Gasteiger partial charge in [0.1, 0.15) is 5.75 Å². The van der Waals surface area contributed by atoms with Gasteiger partial charge in [-0.05, 0) is 17.5 Å². The standard InChI is InChI=1S/C12H9NO/c1-14-11-4-2-3-9-8-5-6-10(12(9)11)13-7-8/h2-7H,1H3. The molecule has 0 aliphatic carbocycles. The van der Waals surface area contributed by atoms with Crippen molar-refractivity contribution in [3.05, 3.63) is 36.5 Å². The summed E-state index contributed by atoms with van der Waals surface area (Å²) in [6.45, 7) is 0. The van der Waals surface area contributed by atoms with Crippen LogP contribution in [0, 0.1) is 0 Å². The van der Waals surface area contributed by atoms with E-state index in [0.717, 1.165) is 22.0 Å². The Balaban J connectivity index is 2.61. The summed E-state index contributed by atoms with van der Waals surface area (Å²) in [6, 6.07) is 10.2. The van der Waals surface area contributed by atoms with Gasteiger partial charge >= 0.3 is 0 Å². The molecule has 0 N–H and O–H groups in total. The van der Waals surface area contributed by atoms with Crippen molar-refractivity contribution in [2.75, 3.05) is 7.11 Å². The fourth-order valence-corrected chi connectivity index (χ4v) is 1.91. The molecule has 2 aromatic carbocycles. The second-order valence-electron chi connectivity index (χ2n) is 3.31. The number of hydrogen-bond acceptors (Lipinski definition) is 2. The molecule has 4 rings (SSSR count).